The Morgan fingerprint density at radius 3 is 2.19 bits per heavy atom. The number of aryl methyl sites for hydroxylation is 1. The molecule has 0 aliphatic carbocycles. The summed E-state index contributed by atoms with van der Waals surface area (Å²) in [7, 11) is 1.48. The van der Waals surface area contributed by atoms with Gasteiger partial charge in [0.15, 0.2) is 0 Å². The number of halogens is 6. The van der Waals surface area contributed by atoms with Gasteiger partial charge in [-0.15, -0.1) is 0 Å². The fourth-order valence-corrected chi connectivity index (χ4v) is 5.77. The maximum absolute atomic E-state index is 14.1. The van der Waals surface area contributed by atoms with Crippen LogP contribution in [-0.4, -0.2) is 56.9 Å². The smallest absolute Gasteiger partial charge is 0.430 e. The number of nitrogens with zero attached hydrogens (tertiary/aromatic N) is 1. The van der Waals surface area contributed by atoms with Crippen molar-refractivity contribution >= 4 is 6.03 Å². The lowest BCUT2D eigenvalue weighted by molar-refractivity contribution is -0.385. The molecule has 2 aromatic rings. The minimum atomic E-state index is -5.70. The van der Waals surface area contributed by atoms with E-state index in [9.17, 15) is 31.1 Å². The number of carbonyl (C=O) groups excluding carboxylic acids is 1. The Morgan fingerprint density at radius 2 is 1.62 bits per heavy atom. The predicted molar refractivity (Wildman–Crippen MR) is 170 cm³/mol. The predicted octanol–water partition coefficient (Wildman–Crippen LogP) is 9.01. The number of amides is 2. The molecule has 0 saturated heterocycles. The zero-order valence-corrected chi connectivity index (χ0v) is 28.6. The number of alkyl halides is 6. The van der Waals surface area contributed by atoms with E-state index in [1.807, 2.05) is 31.2 Å². The molecule has 1 heterocycles. The average Bonchev–Trinajstić information content (AvgIpc) is 3.42. The van der Waals surface area contributed by atoms with E-state index in [2.05, 4.69) is 23.9 Å². The monoisotopic (exact) mass is 690 g/mol. The standard InChI is InChI=1S/C35H48F6N2O5/c1-7-11-26-19-30-29(21-48-33(30,34(36,37)38)35(39,40)41)28(12-8-2)31(26)46-18-10-9-17-43(22-45-6)32(44)42-24(5)25-13-15-27(16-14-25)47-20-23(3)4/h13-16,19,23-24H,7-12,17-18,20-22H2,1-6H3,(H,42,44). The second-order valence-electron chi connectivity index (χ2n) is 12.5. The van der Waals surface area contributed by atoms with Crippen molar-refractivity contribution in [3.05, 3.63) is 58.1 Å². The minimum absolute atomic E-state index is 0.0493. The van der Waals surface area contributed by atoms with Crippen molar-refractivity contribution in [2.24, 2.45) is 5.92 Å². The second-order valence-corrected chi connectivity index (χ2v) is 12.5. The molecule has 0 spiro atoms. The third-order valence-corrected chi connectivity index (χ3v) is 8.15. The van der Waals surface area contributed by atoms with Crippen molar-refractivity contribution < 1.29 is 50.1 Å². The average molecular weight is 691 g/mol. The Hall–Kier alpha value is -3.19. The van der Waals surface area contributed by atoms with E-state index >= 15 is 0 Å². The fourth-order valence-electron chi connectivity index (χ4n) is 5.77. The molecule has 0 saturated carbocycles. The topological polar surface area (TPSA) is 69.3 Å². The minimum Gasteiger partial charge on any atom is -0.493 e. The van der Waals surface area contributed by atoms with Crippen LogP contribution >= 0.6 is 0 Å². The number of rotatable bonds is 17. The molecule has 270 valence electrons. The summed E-state index contributed by atoms with van der Waals surface area (Å²) in [4.78, 5) is 14.6. The normalized spacial score (nSPS) is 14.9. The molecule has 0 fully saturated rings. The van der Waals surface area contributed by atoms with E-state index in [1.54, 1.807) is 13.8 Å². The number of fused-ring (bicyclic) bond motifs is 1. The number of hydrogen-bond acceptors (Lipinski definition) is 5. The molecule has 3 rings (SSSR count). The maximum atomic E-state index is 14.1. The maximum Gasteiger partial charge on any atom is 0.430 e. The molecule has 1 atom stereocenters. The summed E-state index contributed by atoms with van der Waals surface area (Å²) in [5.41, 5.74) is -3.88. The molecule has 1 unspecified atom stereocenters. The van der Waals surface area contributed by atoms with Crippen molar-refractivity contribution in [1.82, 2.24) is 10.2 Å². The highest BCUT2D eigenvalue weighted by Gasteiger charge is 2.75. The summed E-state index contributed by atoms with van der Waals surface area (Å²) in [5.74, 6) is 1.47. The first-order valence-electron chi connectivity index (χ1n) is 16.5. The zero-order chi connectivity index (χ0) is 35.7. The summed E-state index contributed by atoms with van der Waals surface area (Å²) in [5, 5.41) is 2.98. The summed E-state index contributed by atoms with van der Waals surface area (Å²) >= 11 is 0. The third-order valence-electron chi connectivity index (χ3n) is 8.15. The number of ether oxygens (including phenoxy) is 4. The van der Waals surface area contributed by atoms with Crippen LogP contribution in [0, 0.1) is 5.92 Å². The number of carbonyl (C=O) groups is 1. The molecule has 2 aromatic carbocycles. The number of unbranched alkanes of at least 4 members (excludes halogenated alkanes) is 1. The summed E-state index contributed by atoms with van der Waals surface area (Å²) in [6.07, 6.45) is -8.97. The van der Waals surface area contributed by atoms with Gasteiger partial charge in [-0.1, -0.05) is 52.7 Å². The Balaban J connectivity index is 1.68. The van der Waals surface area contributed by atoms with Gasteiger partial charge in [-0.2, -0.15) is 26.3 Å². The van der Waals surface area contributed by atoms with Crippen molar-refractivity contribution in [2.45, 2.75) is 104 Å². The first-order chi connectivity index (χ1) is 22.6. The lowest BCUT2D eigenvalue weighted by Crippen LogP contribution is -2.53. The Kier molecular flexibility index (Phi) is 13.9. The second kappa shape index (κ2) is 17.0. The van der Waals surface area contributed by atoms with Gasteiger partial charge in [0.25, 0.3) is 5.60 Å². The highest BCUT2D eigenvalue weighted by atomic mass is 19.4. The number of nitrogens with one attached hydrogen (secondary N) is 1. The van der Waals surface area contributed by atoms with Crippen LogP contribution < -0.4 is 14.8 Å². The first-order valence-corrected chi connectivity index (χ1v) is 16.5. The Labute approximate surface area is 279 Å². The van der Waals surface area contributed by atoms with Gasteiger partial charge in [-0.25, -0.2) is 4.79 Å². The van der Waals surface area contributed by atoms with Gasteiger partial charge in [0, 0.05) is 24.8 Å². The van der Waals surface area contributed by atoms with Gasteiger partial charge in [0.05, 0.1) is 25.9 Å². The fraction of sp³-hybridized carbons (Fsp3) is 0.629. The van der Waals surface area contributed by atoms with Crippen LogP contribution in [0.15, 0.2) is 30.3 Å². The van der Waals surface area contributed by atoms with Gasteiger partial charge in [0.2, 0.25) is 0 Å². The van der Waals surface area contributed by atoms with Crippen molar-refractivity contribution in [3.8, 4) is 11.5 Å². The zero-order valence-electron chi connectivity index (χ0n) is 28.6. The van der Waals surface area contributed by atoms with Crippen LogP contribution in [0.2, 0.25) is 0 Å². The van der Waals surface area contributed by atoms with Gasteiger partial charge in [-0.3, -0.25) is 0 Å². The van der Waals surface area contributed by atoms with Crippen molar-refractivity contribution in [3.63, 3.8) is 0 Å². The van der Waals surface area contributed by atoms with Gasteiger partial charge < -0.3 is 29.2 Å². The van der Waals surface area contributed by atoms with Crippen molar-refractivity contribution in [2.75, 3.05) is 33.6 Å². The van der Waals surface area contributed by atoms with Crippen LogP contribution in [0.5, 0.6) is 11.5 Å². The number of methoxy groups -OCH3 is 1. The quantitative estimate of drug-likeness (QED) is 0.102. The van der Waals surface area contributed by atoms with E-state index in [4.69, 9.17) is 14.2 Å². The lowest BCUT2D eigenvalue weighted by Gasteiger charge is -2.34. The molecule has 0 radical (unpaired) electrons. The summed E-state index contributed by atoms with van der Waals surface area (Å²) < 4.78 is 106. The summed E-state index contributed by atoms with van der Waals surface area (Å²) in [6.45, 7) is 9.92. The molecular weight excluding hydrogens is 642 g/mol. The molecule has 7 nitrogen and oxygen atoms in total. The van der Waals surface area contributed by atoms with Crippen LogP contribution in [0.1, 0.15) is 94.2 Å². The Morgan fingerprint density at radius 1 is 0.979 bits per heavy atom. The van der Waals surface area contributed by atoms with E-state index in [0.717, 1.165) is 17.4 Å². The molecule has 0 aromatic heterocycles. The van der Waals surface area contributed by atoms with E-state index in [0.29, 0.717) is 56.1 Å². The third kappa shape index (κ3) is 9.07. The van der Waals surface area contributed by atoms with Gasteiger partial charge in [0.1, 0.15) is 18.2 Å². The van der Waals surface area contributed by atoms with Crippen LogP contribution in [0.25, 0.3) is 0 Å². The van der Waals surface area contributed by atoms with Crippen LogP contribution in [-0.2, 0) is 34.5 Å². The molecule has 0 bridgehead atoms. The van der Waals surface area contributed by atoms with Crippen molar-refractivity contribution in [1.29, 1.82) is 0 Å². The highest BCUT2D eigenvalue weighted by Crippen LogP contribution is 2.58. The molecule has 48 heavy (non-hydrogen) atoms. The van der Waals surface area contributed by atoms with Crippen LogP contribution in [0.4, 0.5) is 31.1 Å². The molecule has 1 N–H and O–H groups in total. The molecular formula is C35H48F6N2O5. The molecule has 13 heteroatoms. The van der Waals surface area contributed by atoms with Gasteiger partial charge in [-0.05, 0) is 73.4 Å². The summed E-state index contributed by atoms with van der Waals surface area (Å²) in [6, 6.07) is 7.89. The van der Waals surface area contributed by atoms with Crippen LogP contribution in [0.3, 0.4) is 0 Å². The number of benzene rings is 2. The molecule has 1 aliphatic rings. The molecule has 2 amide bonds. The van der Waals surface area contributed by atoms with Gasteiger partial charge >= 0.3 is 18.4 Å². The highest BCUT2D eigenvalue weighted by molar-refractivity contribution is 5.74. The number of hydrogen-bond donors (Lipinski definition) is 1. The largest absolute Gasteiger partial charge is 0.493 e. The Bertz CT molecular complexity index is 1320. The lowest BCUT2D eigenvalue weighted by atomic mass is 9.84. The van der Waals surface area contributed by atoms with E-state index in [-0.39, 0.29) is 49.4 Å². The SMILES string of the molecule is CCCc1cc2c(c(CCC)c1OCCCCN(COC)C(=O)NC(C)c1ccc(OCC(C)C)cc1)COC2(C(F)(F)F)C(F)(F)F. The van der Waals surface area contributed by atoms with E-state index in [1.165, 1.54) is 12.0 Å². The number of urea groups is 1. The first kappa shape index (κ1) is 39.3. The van der Waals surface area contributed by atoms with E-state index < -0.39 is 30.1 Å². The molecule has 1 aliphatic heterocycles.